The number of rotatable bonds is 4. The van der Waals surface area contributed by atoms with Crippen LogP contribution < -0.4 is 0 Å². The van der Waals surface area contributed by atoms with E-state index in [0.717, 1.165) is 36.3 Å². The number of hydrogen-bond donors (Lipinski definition) is 0. The summed E-state index contributed by atoms with van der Waals surface area (Å²) < 4.78 is 9.68. The molecular weight excluding hydrogens is 107 g/mol. The smallest absolute Gasteiger partial charge is 0.410 e. The van der Waals surface area contributed by atoms with Crippen molar-refractivity contribution in [2.24, 2.45) is 0 Å². The fourth-order valence-corrected chi connectivity index (χ4v) is 0.636. The number of ether oxygens (including phenoxy) is 1. The number of methoxy groups -OCH3 is 1. The average molecular weight is 118 g/mol. The summed E-state index contributed by atoms with van der Waals surface area (Å²) in [6.45, 7) is 1.68. The first-order valence-corrected chi connectivity index (χ1v) is 3.21. The summed E-state index contributed by atoms with van der Waals surface area (Å²) in [5.41, 5.74) is 0. The highest BCUT2D eigenvalue weighted by Crippen LogP contribution is 1.77. The lowest BCUT2D eigenvalue weighted by molar-refractivity contribution is 0.175. The fraction of sp³-hybridized carbons (Fsp3) is 1.00. The van der Waals surface area contributed by atoms with Crippen LogP contribution in [0.5, 0.6) is 0 Å². The zero-order chi connectivity index (χ0) is 5.54. The molecule has 0 unspecified atom stereocenters. The Labute approximate surface area is 52.6 Å². The Balaban J connectivity index is 2.45. The van der Waals surface area contributed by atoms with Crippen molar-refractivity contribution in [1.82, 2.24) is 0 Å². The lowest BCUT2D eigenvalue weighted by Crippen LogP contribution is -1.95. The van der Waals surface area contributed by atoms with E-state index in [4.69, 9.17) is 8.53 Å². The summed E-state index contributed by atoms with van der Waals surface area (Å²) >= 11 is 0.850. The van der Waals surface area contributed by atoms with Crippen LogP contribution >= 0.6 is 0 Å². The van der Waals surface area contributed by atoms with Crippen molar-refractivity contribution >= 4 is 16.6 Å². The molecule has 0 rings (SSSR count). The van der Waals surface area contributed by atoms with Crippen molar-refractivity contribution in [2.45, 2.75) is 6.42 Å². The van der Waals surface area contributed by atoms with E-state index in [2.05, 4.69) is 0 Å². The van der Waals surface area contributed by atoms with Crippen LogP contribution in [0.2, 0.25) is 0 Å². The molecule has 0 aromatic heterocycles. The monoisotopic (exact) mass is 118 g/mol. The molecule has 0 aliphatic carbocycles. The van der Waals surface area contributed by atoms with E-state index >= 15 is 0 Å². The summed E-state index contributed by atoms with van der Waals surface area (Å²) in [5, 5.41) is 0. The Kier molecular flexibility index (Phi) is 6.87. The van der Waals surface area contributed by atoms with Crippen molar-refractivity contribution in [2.75, 3.05) is 20.3 Å². The lowest BCUT2D eigenvalue weighted by Gasteiger charge is -1.95. The largest absolute Gasteiger partial charge is 0.506 e. The Morgan fingerprint density at radius 2 is 2.14 bits per heavy atom. The third-order valence-electron chi connectivity index (χ3n) is 0.697. The minimum Gasteiger partial charge on any atom is -0.506 e. The zero-order valence-corrected chi connectivity index (χ0v) is 6.94. The molecule has 0 fully saturated rings. The van der Waals surface area contributed by atoms with Gasteiger partial charge in [0.05, 0.1) is 0 Å². The molecule has 0 bridgehead atoms. The van der Waals surface area contributed by atoms with E-state index in [-0.39, 0.29) is 0 Å². The molecule has 7 heavy (non-hydrogen) atoms. The van der Waals surface area contributed by atoms with Crippen LogP contribution in [0.3, 0.4) is 0 Å². The molecule has 0 aliphatic heterocycles. The van der Waals surface area contributed by atoms with Gasteiger partial charge in [-0.1, -0.05) is 0 Å². The highest BCUT2D eigenvalue weighted by molar-refractivity contribution is 5.97. The summed E-state index contributed by atoms with van der Waals surface area (Å²) in [6.07, 6.45) is 1.03. The second kappa shape index (κ2) is 6.45. The molecule has 42 valence electrons. The fourth-order valence-electron chi connectivity index (χ4n) is 0.348. The van der Waals surface area contributed by atoms with Crippen LogP contribution in [0.1, 0.15) is 6.42 Å². The first-order chi connectivity index (χ1) is 3.41. The molecule has 0 saturated heterocycles. The van der Waals surface area contributed by atoms with Crippen LogP contribution in [-0.2, 0) is 8.53 Å². The molecule has 0 radical (unpaired) electrons. The van der Waals surface area contributed by atoms with E-state index in [1.165, 1.54) is 0 Å². The van der Waals surface area contributed by atoms with E-state index in [9.17, 15) is 0 Å². The molecule has 0 heterocycles. The second-order valence-electron chi connectivity index (χ2n) is 1.34. The van der Waals surface area contributed by atoms with Gasteiger partial charge in [-0.3, -0.25) is 0 Å². The third-order valence-corrected chi connectivity index (χ3v) is 1.11. The van der Waals surface area contributed by atoms with Gasteiger partial charge in [-0.05, 0) is 6.42 Å². The molecule has 0 N–H and O–H groups in total. The van der Waals surface area contributed by atoms with E-state index in [1.54, 1.807) is 7.11 Å². The van der Waals surface area contributed by atoms with Crippen molar-refractivity contribution in [3.8, 4) is 0 Å². The summed E-state index contributed by atoms with van der Waals surface area (Å²) in [5.74, 6) is 0. The Morgan fingerprint density at radius 1 is 1.43 bits per heavy atom. The van der Waals surface area contributed by atoms with Gasteiger partial charge in [0.1, 0.15) is 0 Å². The van der Waals surface area contributed by atoms with Crippen LogP contribution in [0, 0.1) is 0 Å². The minimum atomic E-state index is 0.822. The molecule has 0 saturated carbocycles. The van der Waals surface area contributed by atoms with Crippen LogP contribution in [-0.4, -0.2) is 36.9 Å². The first kappa shape index (κ1) is 7.45. The first-order valence-electron chi connectivity index (χ1n) is 2.39. The van der Waals surface area contributed by atoms with Gasteiger partial charge in [0.15, 0.2) is 0 Å². The van der Waals surface area contributed by atoms with Gasteiger partial charge in [0.2, 0.25) is 0 Å². The molecule has 0 atom stereocenters. The highest BCUT2D eigenvalue weighted by Gasteiger charge is 1.79. The van der Waals surface area contributed by atoms with Crippen molar-refractivity contribution < 1.29 is 8.53 Å². The Hall–Kier alpha value is 0.452. The maximum absolute atomic E-state index is 4.90. The molecule has 2 nitrogen and oxygen atoms in total. The normalized spacial score (nSPS) is 9.29. The Morgan fingerprint density at radius 3 is 2.57 bits per heavy atom. The van der Waals surface area contributed by atoms with Crippen molar-refractivity contribution in [1.29, 1.82) is 0 Å². The van der Waals surface area contributed by atoms with Crippen LogP contribution in [0.15, 0.2) is 0 Å². The SMILES string of the molecule is COCCC[O][AlH2]. The molecule has 0 spiro atoms. The predicted octanol–water partition coefficient (Wildman–Crippen LogP) is -0.412. The molecule has 3 heteroatoms. The molecule has 0 aromatic carbocycles. The lowest BCUT2D eigenvalue weighted by atomic mass is 10.5. The summed E-state index contributed by atoms with van der Waals surface area (Å²) in [7, 11) is 1.70. The van der Waals surface area contributed by atoms with Crippen molar-refractivity contribution in [3.05, 3.63) is 0 Å². The average Bonchev–Trinajstić information content (AvgIpc) is 1.69. The van der Waals surface area contributed by atoms with Gasteiger partial charge >= 0.3 is 16.6 Å². The zero-order valence-electron chi connectivity index (χ0n) is 4.94. The van der Waals surface area contributed by atoms with E-state index < -0.39 is 0 Å². The van der Waals surface area contributed by atoms with Gasteiger partial charge in [-0.25, -0.2) is 0 Å². The van der Waals surface area contributed by atoms with Gasteiger partial charge in [0, 0.05) is 20.3 Å². The van der Waals surface area contributed by atoms with Gasteiger partial charge < -0.3 is 8.53 Å². The predicted molar refractivity (Wildman–Crippen MR) is 31.0 cm³/mol. The minimum absolute atomic E-state index is 0.822. The quantitative estimate of drug-likeness (QED) is 0.369. The molecule has 0 amide bonds. The maximum Gasteiger partial charge on any atom is 0.410 e. The summed E-state index contributed by atoms with van der Waals surface area (Å²) in [6, 6.07) is 0. The van der Waals surface area contributed by atoms with E-state index in [1.807, 2.05) is 0 Å². The summed E-state index contributed by atoms with van der Waals surface area (Å²) in [4.78, 5) is 0. The van der Waals surface area contributed by atoms with Crippen LogP contribution in [0.4, 0.5) is 0 Å². The maximum atomic E-state index is 4.90. The topological polar surface area (TPSA) is 18.5 Å². The highest BCUT2D eigenvalue weighted by atomic mass is 27.1. The Bertz CT molecular complexity index is 28.9. The van der Waals surface area contributed by atoms with Gasteiger partial charge in [-0.15, -0.1) is 0 Å². The van der Waals surface area contributed by atoms with Crippen molar-refractivity contribution in [3.63, 3.8) is 0 Å². The van der Waals surface area contributed by atoms with Gasteiger partial charge in [0.25, 0.3) is 0 Å². The standard InChI is InChI=1S/C4H9O2.Al.2H/c1-6-4-2-3-5;;;/h2-4H2,1H3;;;/q-1;+1;;. The molecular formula is C4H11AlO2. The molecule has 0 aliphatic rings. The van der Waals surface area contributed by atoms with Crippen LogP contribution in [0.25, 0.3) is 0 Å². The van der Waals surface area contributed by atoms with Gasteiger partial charge in [-0.2, -0.15) is 0 Å². The molecule has 0 aromatic rings. The second-order valence-corrected chi connectivity index (χ2v) is 1.92. The number of hydrogen-bond acceptors (Lipinski definition) is 2. The van der Waals surface area contributed by atoms with E-state index in [0.29, 0.717) is 0 Å². The third kappa shape index (κ3) is 6.45.